The molecule has 3 N–H and O–H groups in total. The summed E-state index contributed by atoms with van der Waals surface area (Å²) in [6.07, 6.45) is 2.87. The highest BCUT2D eigenvalue weighted by Crippen LogP contribution is 2.01. The summed E-state index contributed by atoms with van der Waals surface area (Å²) in [5, 5.41) is 0. The van der Waals surface area contributed by atoms with Crippen LogP contribution in [0.4, 0.5) is 0 Å². The zero-order valence-corrected chi connectivity index (χ0v) is 6.59. The van der Waals surface area contributed by atoms with Gasteiger partial charge in [-0.2, -0.15) is 0 Å². The maximum absolute atomic E-state index is 4.20. The highest BCUT2D eigenvalue weighted by Gasteiger charge is 1.91. The Labute approximate surface area is 61.9 Å². The van der Waals surface area contributed by atoms with Gasteiger partial charge in [0.1, 0.15) is 0 Å². The summed E-state index contributed by atoms with van der Waals surface area (Å²) in [5.74, 6) is 0. The van der Waals surface area contributed by atoms with Gasteiger partial charge in [0.2, 0.25) is 0 Å². The molecule has 0 radical (unpaired) electrons. The van der Waals surface area contributed by atoms with E-state index < -0.39 is 0 Å². The number of aryl methyl sites for hydroxylation is 2. The molecular weight excluding hydrogens is 124 g/mol. The van der Waals surface area contributed by atoms with E-state index >= 15 is 0 Å². The molecule has 56 valence electrons. The van der Waals surface area contributed by atoms with Crippen LogP contribution in [0.3, 0.4) is 0 Å². The zero-order chi connectivity index (χ0) is 6.69. The molecule has 0 saturated heterocycles. The Kier molecular flexibility index (Phi) is 3.65. The lowest BCUT2D eigenvalue weighted by Crippen LogP contribution is -1.88. The van der Waals surface area contributed by atoms with Gasteiger partial charge in [-0.05, 0) is 25.0 Å². The number of aromatic nitrogens is 1. The third kappa shape index (κ3) is 1.81. The summed E-state index contributed by atoms with van der Waals surface area (Å²) in [7, 11) is 0. The minimum Gasteiger partial charge on any atom is -0.344 e. The third-order valence-electron chi connectivity index (χ3n) is 1.45. The minimum atomic E-state index is 0. The van der Waals surface area contributed by atoms with Crippen LogP contribution in [-0.4, -0.2) is 4.98 Å². The van der Waals surface area contributed by atoms with Crippen molar-refractivity contribution in [3.8, 4) is 0 Å². The van der Waals surface area contributed by atoms with Gasteiger partial charge in [0.15, 0.2) is 0 Å². The summed E-state index contributed by atoms with van der Waals surface area (Å²) in [5.41, 5.74) is 2.50. The number of pyridine rings is 1. The molecule has 2 heteroatoms. The maximum Gasteiger partial charge on any atom is 0.0429 e. The van der Waals surface area contributed by atoms with E-state index in [-0.39, 0.29) is 6.15 Å². The van der Waals surface area contributed by atoms with Gasteiger partial charge in [-0.1, -0.05) is 13.0 Å². The van der Waals surface area contributed by atoms with Crippen LogP contribution in [0.5, 0.6) is 0 Å². The fourth-order valence-electron chi connectivity index (χ4n) is 0.889. The lowest BCUT2D eigenvalue weighted by Gasteiger charge is -1.97. The van der Waals surface area contributed by atoms with E-state index in [1.54, 1.807) is 0 Å². The Hall–Kier alpha value is -0.890. The van der Waals surface area contributed by atoms with Gasteiger partial charge in [0, 0.05) is 11.9 Å². The van der Waals surface area contributed by atoms with Crippen molar-refractivity contribution >= 4 is 0 Å². The van der Waals surface area contributed by atoms with Crippen molar-refractivity contribution in [3.63, 3.8) is 0 Å². The van der Waals surface area contributed by atoms with E-state index in [9.17, 15) is 0 Å². The monoisotopic (exact) mass is 138 g/mol. The average Bonchev–Trinajstić information content (AvgIpc) is 1.89. The smallest absolute Gasteiger partial charge is 0.0429 e. The van der Waals surface area contributed by atoms with E-state index in [0.29, 0.717) is 0 Å². The van der Waals surface area contributed by atoms with Gasteiger partial charge in [0.05, 0.1) is 0 Å². The van der Waals surface area contributed by atoms with Crippen LogP contribution >= 0.6 is 0 Å². The number of hydrogen-bond donors (Lipinski definition) is 1. The molecule has 0 amide bonds. The fourth-order valence-corrected chi connectivity index (χ4v) is 0.889. The van der Waals surface area contributed by atoms with Crippen molar-refractivity contribution in [2.75, 3.05) is 0 Å². The van der Waals surface area contributed by atoms with E-state index in [4.69, 9.17) is 0 Å². The van der Waals surface area contributed by atoms with Crippen LogP contribution in [0.1, 0.15) is 18.2 Å². The van der Waals surface area contributed by atoms with Crippen molar-refractivity contribution in [2.24, 2.45) is 0 Å². The second-order valence-corrected chi connectivity index (χ2v) is 2.12. The van der Waals surface area contributed by atoms with Gasteiger partial charge in [-0.15, -0.1) is 0 Å². The third-order valence-corrected chi connectivity index (χ3v) is 1.45. The predicted octanol–water partition coefficient (Wildman–Crippen LogP) is 2.11. The second-order valence-electron chi connectivity index (χ2n) is 2.12. The molecule has 0 spiro atoms. The van der Waals surface area contributed by atoms with Gasteiger partial charge in [-0.3, -0.25) is 4.98 Å². The summed E-state index contributed by atoms with van der Waals surface area (Å²) in [4.78, 5) is 4.20. The molecule has 0 aliphatic rings. The summed E-state index contributed by atoms with van der Waals surface area (Å²) in [6.45, 7) is 4.21. The van der Waals surface area contributed by atoms with Crippen LogP contribution in [-0.2, 0) is 6.42 Å². The Morgan fingerprint density at radius 1 is 1.50 bits per heavy atom. The SMILES string of the molecule is CCc1ncccc1C.N. The van der Waals surface area contributed by atoms with E-state index in [2.05, 4.69) is 24.9 Å². The molecule has 1 aromatic heterocycles. The maximum atomic E-state index is 4.20. The quantitative estimate of drug-likeness (QED) is 0.646. The van der Waals surface area contributed by atoms with Gasteiger partial charge in [0.25, 0.3) is 0 Å². The molecule has 0 aliphatic heterocycles. The van der Waals surface area contributed by atoms with Crippen molar-refractivity contribution in [1.29, 1.82) is 0 Å². The van der Waals surface area contributed by atoms with E-state index in [0.717, 1.165) is 6.42 Å². The lowest BCUT2D eigenvalue weighted by molar-refractivity contribution is 1.01. The Morgan fingerprint density at radius 2 is 2.20 bits per heavy atom. The molecule has 0 atom stereocenters. The summed E-state index contributed by atoms with van der Waals surface area (Å²) >= 11 is 0. The van der Waals surface area contributed by atoms with Gasteiger partial charge >= 0.3 is 0 Å². The summed E-state index contributed by atoms with van der Waals surface area (Å²) in [6, 6.07) is 4.06. The van der Waals surface area contributed by atoms with Gasteiger partial charge in [-0.25, -0.2) is 0 Å². The Morgan fingerprint density at radius 3 is 2.60 bits per heavy atom. The van der Waals surface area contributed by atoms with Crippen molar-refractivity contribution in [1.82, 2.24) is 11.1 Å². The molecule has 0 fully saturated rings. The molecule has 0 unspecified atom stereocenters. The molecule has 1 aromatic rings. The zero-order valence-electron chi connectivity index (χ0n) is 6.59. The van der Waals surface area contributed by atoms with E-state index in [1.807, 2.05) is 12.3 Å². The first-order valence-corrected chi connectivity index (χ1v) is 3.25. The normalized spacial score (nSPS) is 8.60. The minimum absolute atomic E-state index is 0. The molecule has 0 bridgehead atoms. The first-order chi connectivity index (χ1) is 4.34. The molecule has 0 aromatic carbocycles. The number of rotatable bonds is 1. The molecule has 1 rings (SSSR count). The average molecular weight is 138 g/mol. The second kappa shape index (κ2) is 4.01. The largest absolute Gasteiger partial charge is 0.344 e. The number of nitrogens with zero attached hydrogens (tertiary/aromatic N) is 1. The van der Waals surface area contributed by atoms with Crippen LogP contribution in [0.2, 0.25) is 0 Å². The molecule has 0 aliphatic carbocycles. The van der Waals surface area contributed by atoms with Crippen molar-refractivity contribution in [3.05, 3.63) is 29.6 Å². The molecule has 1 heterocycles. The van der Waals surface area contributed by atoms with Crippen molar-refractivity contribution in [2.45, 2.75) is 20.3 Å². The highest BCUT2D eigenvalue weighted by atomic mass is 14.7. The topological polar surface area (TPSA) is 47.9 Å². The molecule has 0 saturated carbocycles. The van der Waals surface area contributed by atoms with Crippen LogP contribution in [0.25, 0.3) is 0 Å². The number of hydrogen-bond acceptors (Lipinski definition) is 2. The predicted molar refractivity (Wildman–Crippen MR) is 43.4 cm³/mol. The van der Waals surface area contributed by atoms with Gasteiger partial charge < -0.3 is 6.15 Å². The Bertz CT molecular complexity index is 196. The summed E-state index contributed by atoms with van der Waals surface area (Å²) < 4.78 is 0. The first-order valence-electron chi connectivity index (χ1n) is 3.25. The van der Waals surface area contributed by atoms with Crippen molar-refractivity contribution < 1.29 is 0 Å². The fraction of sp³-hybridized carbons (Fsp3) is 0.375. The molecule has 10 heavy (non-hydrogen) atoms. The lowest BCUT2D eigenvalue weighted by atomic mass is 10.2. The Balaban J connectivity index is 0.000000810. The molecule has 2 nitrogen and oxygen atoms in total. The standard InChI is InChI=1S/C8H11N.H3N/c1-3-8-7(2)5-4-6-9-8;/h4-6H,3H2,1-2H3;1H3. The van der Waals surface area contributed by atoms with Crippen LogP contribution < -0.4 is 6.15 Å². The highest BCUT2D eigenvalue weighted by molar-refractivity contribution is 5.16. The molecular formula is C8H14N2. The van der Waals surface area contributed by atoms with Crippen LogP contribution in [0.15, 0.2) is 18.3 Å². The van der Waals surface area contributed by atoms with E-state index in [1.165, 1.54) is 11.3 Å². The van der Waals surface area contributed by atoms with Crippen LogP contribution in [0, 0.1) is 6.92 Å². The first kappa shape index (κ1) is 9.11.